The number of nitrogens with one attached hydrogen (secondary N) is 2. The van der Waals surface area contributed by atoms with E-state index in [2.05, 4.69) is 44.7 Å². The fraction of sp³-hybridized carbons (Fsp3) is 0.588. The average Bonchev–Trinajstić information content (AvgIpc) is 2.58. The maximum absolute atomic E-state index is 5.38. The fourth-order valence-corrected chi connectivity index (χ4v) is 3.30. The zero-order valence-corrected chi connectivity index (χ0v) is 17.3. The Balaban J connectivity index is 2.69. The van der Waals surface area contributed by atoms with Gasteiger partial charge in [0.15, 0.2) is 17.5 Å². The topological polar surface area (TPSA) is 54.9 Å². The predicted octanol–water partition coefficient (Wildman–Crippen LogP) is 3.66. The highest BCUT2D eigenvalue weighted by molar-refractivity contribution is 9.10. The molecule has 1 aromatic rings. The van der Waals surface area contributed by atoms with Gasteiger partial charge in [0.2, 0.25) is 0 Å². The molecular formula is C17H28BrN3O2S. The number of aliphatic imine (C=N–C) groups is 1. The van der Waals surface area contributed by atoms with Gasteiger partial charge in [0.25, 0.3) is 0 Å². The van der Waals surface area contributed by atoms with E-state index in [0.29, 0.717) is 18.0 Å². The number of hydrogen-bond donors (Lipinski definition) is 2. The number of thioether (sulfide) groups is 1. The number of rotatable bonds is 10. The van der Waals surface area contributed by atoms with Crippen molar-refractivity contribution in [3.63, 3.8) is 0 Å². The summed E-state index contributed by atoms with van der Waals surface area (Å²) in [5, 5.41) is 6.65. The molecule has 0 aliphatic carbocycles. The van der Waals surface area contributed by atoms with Crippen LogP contribution in [-0.2, 0) is 6.54 Å². The van der Waals surface area contributed by atoms with Crippen LogP contribution in [0.5, 0.6) is 11.5 Å². The average molecular weight is 418 g/mol. The number of halogens is 1. The van der Waals surface area contributed by atoms with E-state index >= 15 is 0 Å². The maximum Gasteiger partial charge on any atom is 0.191 e. The second kappa shape index (κ2) is 12.3. The fourth-order valence-electron chi connectivity index (χ4n) is 2.15. The van der Waals surface area contributed by atoms with Crippen molar-refractivity contribution in [1.29, 1.82) is 0 Å². The van der Waals surface area contributed by atoms with Crippen molar-refractivity contribution in [1.82, 2.24) is 10.6 Å². The Hall–Kier alpha value is -1.08. The second-order valence-corrected chi connectivity index (χ2v) is 6.97. The smallest absolute Gasteiger partial charge is 0.191 e. The molecule has 0 spiro atoms. The van der Waals surface area contributed by atoms with Crippen molar-refractivity contribution in [2.45, 2.75) is 26.3 Å². The highest BCUT2D eigenvalue weighted by atomic mass is 79.9. The molecule has 0 heterocycles. The van der Waals surface area contributed by atoms with Crippen LogP contribution in [0.4, 0.5) is 0 Å². The van der Waals surface area contributed by atoms with Crippen molar-refractivity contribution >= 4 is 33.7 Å². The summed E-state index contributed by atoms with van der Waals surface area (Å²) in [6, 6.07) is 3.96. The number of nitrogens with zero attached hydrogens (tertiary/aromatic N) is 1. The SMILES string of the molecule is CCNC(=NCc1cc(Br)c(OC)c(OC)c1)NCCCCSC. The molecule has 0 aliphatic heterocycles. The quantitative estimate of drug-likeness (QED) is 0.345. The van der Waals surface area contributed by atoms with Gasteiger partial charge in [0.05, 0.1) is 25.2 Å². The van der Waals surface area contributed by atoms with Crippen LogP contribution in [0.1, 0.15) is 25.3 Å². The zero-order chi connectivity index (χ0) is 17.8. The lowest BCUT2D eigenvalue weighted by Gasteiger charge is -2.13. The van der Waals surface area contributed by atoms with Gasteiger partial charge in [0.1, 0.15) is 0 Å². The first-order valence-corrected chi connectivity index (χ1v) is 10.3. The summed E-state index contributed by atoms with van der Waals surface area (Å²) in [5.41, 5.74) is 1.05. The monoisotopic (exact) mass is 417 g/mol. The highest BCUT2D eigenvalue weighted by Crippen LogP contribution is 2.36. The van der Waals surface area contributed by atoms with Crippen molar-refractivity contribution in [2.75, 3.05) is 39.3 Å². The Labute approximate surface area is 158 Å². The molecule has 0 aliphatic rings. The Morgan fingerprint density at radius 3 is 2.62 bits per heavy atom. The van der Waals surface area contributed by atoms with E-state index in [1.54, 1.807) is 14.2 Å². The highest BCUT2D eigenvalue weighted by Gasteiger charge is 2.10. The van der Waals surface area contributed by atoms with Crippen molar-refractivity contribution in [2.24, 2.45) is 4.99 Å². The van der Waals surface area contributed by atoms with Gasteiger partial charge in [-0.25, -0.2) is 4.99 Å². The minimum atomic E-state index is 0.569. The Bertz CT molecular complexity index is 527. The van der Waals surface area contributed by atoms with Gasteiger partial charge in [-0.2, -0.15) is 11.8 Å². The van der Waals surface area contributed by atoms with E-state index in [0.717, 1.165) is 35.5 Å². The molecule has 7 heteroatoms. The molecule has 0 fully saturated rings. The molecule has 0 unspecified atom stereocenters. The number of guanidine groups is 1. The lowest BCUT2D eigenvalue weighted by molar-refractivity contribution is 0.352. The number of ether oxygens (including phenoxy) is 2. The Morgan fingerprint density at radius 1 is 1.21 bits per heavy atom. The Morgan fingerprint density at radius 2 is 2.00 bits per heavy atom. The van der Waals surface area contributed by atoms with E-state index in [1.807, 2.05) is 23.9 Å². The summed E-state index contributed by atoms with van der Waals surface area (Å²) in [4.78, 5) is 4.65. The molecule has 0 saturated carbocycles. The normalized spacial score (nSPS) is 11.3. The van der Waals surface area contributed by atoms with Gasteiger partial charge in [0, 0.05) is 13.1 Å². The van der Waals surface area contributed by atoms with E-state index in [4.69, 9.17) is 9.47 Å². The summed E-state index contributed by atoms with van der Waals surface area (Å²) >= 11 is 5.40. The van der Waals surface area contributed by atoms with Gasteiger partial charge in [-0.1, -0.05) is 0 Å². The first-order chi connectivity index (χ1) is 11.7. The molecule has 136 valence electrons. The summed E-state index contributed by atoms with van der Waals surface area (Å²) in [6.45, 7) is 4.41. The number of hydrogen-bond acceptors (Lipinski definition) is 4. The third kappa shape index (κ3) is 7.21. The minimum Gasteiger partial charge on any atom is -0.493 e. The first kappa shape index (κ1) is 21.0. The molecule has 0 saturated heterocycles. The van der Waals surface area contributed by atoms with Gasteiger partial charge in [-0.15, -0.1) is 0 Å². The van der Waals surface area contributed by atoms with Crippen molar-refractivity contribution in [3.05, 3.63) is 22.2 Å². The molecule has 0 bridgehead atoms. The maximum atomic E-state index is 5.38. The van der Waals surface area contributed by atoms with E-state index in [9.17, 15) is 0 Å². The first-order valence-electron chi connectivity index (χ1n) is 8.07. The lowest BCUT2D eigenvalue weighted by atomic mass is 10.2. The van der Waals surface area contributed by atoms with Gasteiger partial charge in [-0.05, 0) is 65.4 Å². The van der Waals surface area contributed by atoms with Gasteiger partial charge < -0.3 is 20.1 Å². The van der Waals surface area contributed by atoms with Crippen LogP contribution in [0.15, 0.2) is 21.6 Å². The van der Waals surface area contributed by atoms with Crippen LogP contribution in [0.2, 0.25) is 0 Å². The van der Waals surface area contributed by atoms with Crippen molar-refractivity contribution < 1.29 is 9.47 Å². The van der Waals surface area contributed by atoms with Gasteiger partial charge >= 0.3 is 0 Å². The molecule has 0 aromatic heterocycles. The minimum absolute atomic E-state index is 0.569. The standard InChI is InChI=1S/C17H28BrN3O2S/c1-5-19-17(20-8-6-7-9-24-4)21-12-13-10-14(18)16(23-3)15(11-13)22-2/h10-11H,5-9,12H2,1-4H3,(H2,19,20,21). The van der Waals surface area contributed by atoms with Crippen molar-refractivity contribution in [3.8, 4) is 11.5 Å². The third-order valence-electron chi connectivity index (χ3n) is 3.33. The van der Waals surface area contributed by atoms with Gasteiger partial charge in [-0.3, -0.25) is 0 Å². The molecule has 0 amide bonds. The number of unbranched alkanes of at least 4 members (excludes halogenated alkanes) is 1. The van der Waals surface area contributed by atoms with Crippen LogP contribution in [-0.4, -0.2) is 45.3 Å². The van der Waals surface area contributed by atoms with Crippen LogP contribution in [0.3, 0.4) is 0 Å². The third-order valence-corrected chi connectivity index (χ3v) is 4.61. The molecular weight excluding hydrogens is 390 g/mol. The van der Waals surface area contributed by atoms with E-state index < -0.39 is 0 Å². The zero-order valence-electron chi connectivity index (χ0n) is 14.9. The Kier molecular flexibility index (Phi) is 10.7. The van der Waals surface area contributed by atoms with Crippen LogP contribution >= 0.6 is 27.7 Å². The molecule has 0 radical (unpaired) electrons. The van der Waals surface area contributed by atoms with Crippen LogP contribution in [0, 0.1) is 0 Å². The van der Waals surface area contributed by atoms with Crippen LogP contribution in [0.25, 0.3) is 0 Å². The predicted molar refractivity (Wildman–Crippen MR) is 108 cm³/mol. The van der Waals surface area contributed by atoms with Crippen LogP contribution < -0.4 is 20.1 Å². The number of methoxy groups -OCH3 is 2. The number of benzene rings is 1. The summed E-state index contributed by atoms with van der Waals surface area (Å²) in [6.07, 6.45) is 4.50. The lowest BCUT2D eigenvalue weighted by Crippen LogP contribution is -2.37. The molecule has 5 nitrogen and oxygen atoms in total. The summed E-state index contributed by atoms with van der Waals surface area (Å²) < 4.78 is 11.6. The second-order valence-electron chi connectivity index (χ2n) is 5.13. The largest absolute Gasteiger partial charge is 0.493 e. The molecule has 0 atom stereocenters. The van der Waals surface area contributed by atoms with E-state index in [-0.39, 0.29) is 0 Å². The van der Waals surface area contributed by atoms with E-state index in [1.165, 1.54) is 12.2 Å². The summed E-state index contributed by atoms with van der Waals surface area (Å²) in [7, 11) is 3.27. The molecule has 2 N–H and O–H groups in total. The molecule has 24 heavy (non-hydrogen) atoms. The summed E-state index contributed by atoms with van der Waals surface area (Å²) in [5.74, 6) is 3.44. The molecule has 1 aromatic carbocycles. The molecule has 1 rings (SSSR count).